The molecule has 128 valence electrons. The normalized spacial score (nSPS) is 12.7. The first-order chi connectivity index (χ1) is 11.2. The van der Waals surface area contributed by atoms with Crippen molar-refractivity contribution < 1.29 is 18.0 Å². The van der Waals surface area contributed by atoms with Gasteiger partial charge >= 0.3 is 6.18 Å². The summed E-state index contributed by atoms with van der Waals surface area (Å²) in [5, 5.41) is 2.62. The monoisotopic (exact) mass is 338 g/mol. The quantitative estimate of drug-likeness (QED) is 0.932. The average Bonchev–Trinajstić information content (AvgIpc) is 2.49. The number of rotatable bonds is 4. The summed E-state index contributed by atoms with van der Waals surface area (Å²) in [6.45, 7) is 1.62. The molecule has 7 heteroatoms. The van der Waals surface area contributed by atoms with E-state index in [9.17, 15) is 22.8 Å². The van der Waals surface area contributed by atoms with Gasteiger partial charge in [-0.15, -0.1) is 0 Å². The Labute approximate surface area is 136 Å². The third-order valence-electron chi connectivity index (χ3n) is 3.59. The van der Waals surface area contributed by atoms with Crippen LogP contribution in [-0.2, 0) is 19.6 Å². The molecule has 0 aliphatic carbocycles. The minimum absolute atomic E-state index is 0.0340. The molecule has 0 aliphatic heterocycles. The molecule has 4 nitrogen and oxygen atoms in total. The number of aryl methyl sites for hydroxylation is 1. The van der Waals surface area contributed by atoms with Gasteiger partial charge < -0.3 is 9.88 Å². The van der Waals surface area contributed by atoms with E-state index in [0.29, 0.717) is 0 Å². The summed E-state index contributed by atoms with van der Waals surface area (Å²) in [5.41, 5.74) is -0.756. The van der Waals surface area contributed by atoms with E-state index in [4.69, 9.17) is 0 Å². The summed E-state index contributed by atoms with van der Waals surface area (Å²) in [5.74, 6) is -0.496. The number of halogens is 3. The standard InChI is InChI=1S/C17H17F3N2O2/c1-11(9-12-5-3-4-6-14(12)17(18,19)20)21-16(24)13-7-8-22(2)15(23)10-13/h3-8,10-11H,9H2,1-2H3,(H,21,24)/t11-/m0/s1. The van der Waals surface area contributed by atoms with Crippen LogP contribution < -0.4 is 10.9 Å². The predicted molar refractivity (Wildman–Crippen MR) is 83.8 cm³/mol. The van der Waals surface area contributed by atoms with Gasteiger partial charge in [0, 0.05) is 30.9 Å². The zero-order valence-electron chi connectivity index (χ0n) is 13.2. The zero-order valence-corrected chi connectivity index (χ0v) is 13.2. The summed E-state index contributed by atoms with van der Waals surface area (Å²) in [6, 6.07) is 7.41. The van der Waals surface area contributed by atoms with E-state index < -0.39 is 23.7 Å². The highest BCUT2D eigenvalue weighted by Gasteiger charge is 2.33. The number of amides is 1. The van der Waals surface area contributed by atoms with E-state index >= 15 is 0 Å². The molecule has 0 saturated carbocycles. The van der Waals surface area contributed by atoms with Crippen molar-refractivity contribution in [1.29, 1.82) is 0 Å². The molecule has 2 aromatic rings. The second-order valence-electron chi connectivity index (χ2n) is 5.60. The van der Waals surface area contributed by atoms with Crippen molar-refractivity contribution in [2.75, 3.05) is 0 Å². The third kappa shape index (κ3) is 4.24. The molecule has 1 N–H and O–H groups in total. The number of hydrogen-bond donors (Lipinski definition) is 1. The Morgan fingerprint density at radius 3 is 2.54 bits per heavy atom. The summed E-state index contributed by atoms with van der Waals surface area (Å²) in [4.78, 5) is 23.6. The van der Waals surface area contributed by atoms with Crippen molar-refractivity contribution in [2.24, 2.45) is 7.05 Å². The maximum Gasteiger partial charge on any atom is 0.416 e. The van der Waals surface area contributed by atoms with E-state index in [-0.39, 0.29) is 23.1 Å². The predicted octanol–water partition coefficient (Wildman–Crippen LogP) is 2.77. The van der Waals surface area contributed by atoms with Crippen LogP contribution in [0.4, 0.5) is 13.2 Å². The van der Waals surface area contributed by atoms with Gasteiger partial charge in [0.05, 0.1) is 5.56 Å². The molecule has 0 spiro atoms. The van der Waals surface area contributed by atoms with Crippen molar-refractivity contribution in [3.8, 4) is 0 Å². The number of nitrogens with one attached hydrogen (secondary N) is 1. The molecule has 1 aromatic heterocycles. The largest absolute Gasteiger partial charge is 0.416 e. The van der Waals surface area contributed by atoms with Crippen LogP contribution in [0.5, 0.6) is 0 Å². The highest BCUT2D eigenvalue weighted by atomic mass is 19.4. The SMILES string of the molecule is C[C@@H](Cc1ccccc1C(F)(F)F)NC(=O)c1ccn(C)c(=O)c1. The Morgan fingerprint density at radius 2 is 1.92 bits per heavy atom. The first-order valence-corrected chi connectivity index (χ1v) is 7.31. The Hall–Kier alpha value is -2.57. The van der Waals surface area contributed by atoms with Crippen molar-refractivity contribution in [3.05, 3.63) is 69.6 Å². The highest BCUT2D eigenvalue weighted by molar-refractivity contribution is 5.94. The Morgan fingerprint density at radius 1 is 1.25 bits per heavy atom. The van der Waals surface area contributed by atoms with Crippen LogP contribution in [0.2, 0.25) is 0 Å². The Kier molecular flexibility index (Phi) is 5.11. The molecular formula is C17H17F3N2O2. The first-order valence-electron chi connectivity index (χ1n) is 7.31. The molecule has 1 heterocycles. The van der Waals surface area contributed by atoms with Gasteiger partial charge in [-0.3, -0.25) is 9.59 Å². The van der Waals surface area contributed by atoms with Crippen LogP contribution in [-0.4, -0.2) is 16.5 Å². The lowest BCUT2D eigenvalue weighted by Crippen LogP contribution is -2.35. The molecule has 24 heavy (non-hydrogen) atoms. The summed E-state index contributed by atoms with van der Waals surface area (Å²) < 4.78 is 40.3. The molecule has 0 bridgehead atoms. The molecule has 0 aliphatic rings. The molecule has 0 saturated heterocycles. The molecule has 1 amide bonds. The van der Waals surface area contributed by atoms with Crippen LogP contribution in [0.1, 0.15) is 28.4 Å². The highest BCUT2D eigenvalue weighted by Crippen LogP contribution is 2.32. The maximum absolute atomic E-state index is 13.0. The molecule has 0 unspecified atom stereocenters. The number of nitrogens with zero attached hydrogens (tertiary/aromatic N) is 1. The van der Waals surface area contributed by atoms with E-state index in [2.05, 4.69) is 5.32 Å². The molecule has 2 rings (SSSR count). The third-order valence-corrected chi connectivity index (χ3v) is 3.59. The molecule has 1 aromatic carbocycles. The van der Waals surface area contributed by atoms with Crippen molar-refractivity contribution in [3.63, 3.8) is 0 Å². The Bertz CT molecular complexity index is 797. The van der Waals surface area contributed by atoms with E-state index in [1.165, 1.54) is 41.1 Å². The molecule has 1 atom stereocenters. The number of aromatic nitrogens is 1. The van der Waals surface area contributed by atoms with E-state index in [1.807, 2.05) is 0 Å². The minimum atomic E-state index is -4.44. The lowest BCUT2D eigenvalue weighted by Gasteiger charge is -2.17. The number of carbonyl (C=O) groups excluding carboxylic acids is 1. The van der Waals surface area contributed by atoms with E-state index in [1.54, 1.807) is 14.0 Å². The molecule has 0 fully saturated rings. The van der Waals surface area contributed by atoms with Crippen LogP contribution in [0.3, 0.4) is 0 Å². The summed E-state index contributed by atoms with van der Waals surface area (Å²) in [6.07, 6.45) is -2.95. The van der Waals surface area contributed by atoms with Crippen LogP contribution in [0.25, 0.3) is 0 Å². The number of hydrogen-bond acceptors (Lipinski definition) is 2. The lowest BCUT2D eigenvalue weighted by atomic mass is 10.0. The number of alkyl halides is 3. The second kappa shape index (κ2) is 6.90. The van der Waals surface area contributed by atoms with E-state index in [0.717, 1.165) is 6.07 Å². The van der Waals surface area contributed by atoms with Gasteiger partial charge in [-0.25, -0.2) is 0 Å². The van der Waals surface area contributed by atoms with Crippen molar-refractivity contribution in [2.45, 2.75) is 25.6 Å². The fourth-order valence-corrected chi connectivity index (χ4v) is 2.35. The van der Waals surface area contributed by atoms with Gasteiger partial charge in [0.25, 0.3) is 11.5 Å². The number of pyridine rings is 1. The van der Waals surface area contributed by atoms with Gasteiger partial charge in [0.15, 0.2) is 0 Å². The average molecular weight is 338 g/mol. The fraction of sp³-hybridized carbons (Fsp3) is 0.294. The minimum Gasteiger partial charge on any atom is -0.349 e. The Balaban J connectivity index is 2.11. The second-order valence-corrected chi connectivity index (χ2v) is 5.60. The maximum atomic E-state index is 13.0. The summed E-state index contributed by atoms with van der Waals surface area (Å²) >= 11 is 0. The smallest absolute Gasteiger partial charge is 0.349 e. The van der Waals surface area contributed by atoms with Gasteiger partial charge in [-0.2, -0.15) is 13.2 Å². The van der Waals surface area contributed by atoms with Crippen LogP contribution in [0, 0.1) is 0 Å². The van der Waals surface area contributed by atoms with Crippen molar-refractivity contribution in [1.82, 2.24) is 9.88 Å². The lowest BCUT2D eigenvalue weighted by molar-refractivity contribution is -0.138. The van der Waals surface area contributed by atoms with Gasteiger partial charge in [-0.1, -0.05) is 18.2 Å². The number of benzene rings is 1. The number of carbonyl (C=O) groups is 1. The van der Waals surface area contributed by atoms with Gasteiger partial charge in [0.2, 0.25) is 0 Å². The van der Waals surface area contributed by atoms with Crippen molar-refractivity contribution >= 4 is 5.91 Å². The molecule has 0 radical (unpaired) electrons. The van der Waals surface area contributed by atoms with Crippen LogP contribution in [0.15, 0.2) is 47.4 Å². The van der Waals surface area contributed by atoms with Gasteiger partial charge in [0.1, 0.15) is 0 Å². The van der Waals surface area contributed by atoms with Gasteiger partial charge in [-0.05, 0) is 31.0 Å². The van der Waals surface area contributed by atoms with Crippen LogP contribution >= 0.6 is 0 Å². The first kappa shape index (κ1) is 17.8. The fourth-order valence-electron chi connectivity index (χ4n) is 2.35. The topological polar surface area (TPSA) is 51.1 Å². The summed E-state index contributed by atoms with van der Waals surface area (Å²) in [7, 11) is 1.56. The molecular weight excluding hydrogens is 321 g/mol. The zero-order chi connectivity index (χ0) is 17.9.